The molecule has 0 saturated carbocycles. The summed E-state index contributed by atoms with van der Waals surface area (Å²) in [5.41, 5.74) is 12.9. The van der Waals surface area contributed by atoms with Gasteiger partial charge in [-0.15, -0.1) is 0 Å². The van der Waals surface area contributed by atoms with Gasteiger partial charge >= 0.3 is 0 Å². The SMILES string of the molecule is NCCC(C(=O)Nc1ccc2c(c1)nc(N)n[n+]2[O-])c1ccc(Cl)c(Cl)c1. The number of anilines is 2. The van der Waals surface area contributed by atoms with Gasteiger partial charge in [-0.1, -0.05) is 29.3 Å². The molecule has 0 aliphatic heterocycles. The Morgan fingerprint density at radius 1 is 1.22 bits per heavy atom. The number of rotatable bonds is 5. The molecule has 5 N–H and O–H groups in total. The first-order valence-electron chi connectivity index (χ1n) is 8.02. The van der Waals surface area contributed by atoms with E-state index in [2.05, 4.69) is 15.4 Å². The van der Waals surface area contributed by atoms with Crippen molar-refractivity contribution in [3.63, 3.8) is 0 Å². The van der Waals surface area contributed by atoms with Gasteiger partial charge in [-0.3, -0.25) is 4.79 Å². The van der Waals surface area contributed by atoms with Crippen molar-refractivity contribution in [1.29, 1.82) is 0 Å². The van der Waals surface area contributed by atoms with Crippen LogP contribution in [0, 0.1) is 5.21 Å². The number of hydrogen-bond acceptors (Lipinski definition) is 6. The third-order valence-electron chi connectivity index (χ3n) is 4.00. The maximum Gasteiger partial charge on any atom is 0.288 e. The number of benzene rings is 2. The van der Waals surface area contributed by atoms with Crippen LogP contribution in [0.4, 0.5) is 11.6 Å². The molecule has 0 aliphatic rings. The lowest BCUT2D eigenvalue weighted by Crippen LogP contribution is -2.33. The van der Waals surface area contributed by atoms with Gasteiger partial charge in [0.05, 0.1) is 21.1 Å². The van der Waals surface area contributed by atoms with Crippen LogP contribution in [-0.4, -0.2) is 22.5 Å². The molecule has 0 spiro atoms. The van der Waals surface area contributed by atoms with Gasteiger partial charge < -0.3 is 22.0 Å². The van der Waals surface area contributed by atoms with Crippen molar-refractivity contribution in [2.75, 3.05) is 17.6 Å². The number of hydrogen-bond donors (Lipinski definition) is 3. The fourth-order valence-electron chi connectivity index (χ4n) is 2.72. The lowest BCUT2D eigenvalue weighted by molar-refractivity contribution is -0.641. The molecule has 2 aromatic carbocycles. The number of nitrogens with two attached hydrogens (primary N) is 2. The summed E-state index contributed by atoms with van der Waals surface area (Å²) in [5, 5.41) is 18.8. The number of carbonyl (C=O) groups is 1. The molecule has 27 heavy (non-hydrogen) atoms. The molecule has 10 heteroatoms. The molecule has 1 aromatic heterocycles. The molecule has 0 saturated heterocycles. The summed E-state index contributed by atoms with van der Waals surface area (Å²) < 4.78 is 0. The molecular formula is C17H16Cl2N6O2. The summed E-state index contributed by atoms with van der Waals surface area (Å²) in [6.45, 7) is 0.315. The Balaban J connectivity index is 1.89. The van der Waals surface area contributed by atoms with E-state index in [9.17, 15) is 10.0 Å². The van der Waals surface area contributed by atoms with Crippen molar-refractivity contribution in [2.45, 2.75) is 12.3 Å². The standard InChI is InChI=1S/C17H16Cl2N6O2/c18-12-3-1-9(7-13(12)19)11(5-6-20)16(26)22-10-2-4-15-14(8-10)23-17(21)24-25(15)27/h1-4,7-8,11H,5-6,20H2,(H,22,26)(H2,21,23,24). The van der Waals surface area contributed by atoms with Gasteiger partial charge in [0.1, 0.15) is 5.52 Å². The number of carbonyl (C=O) groups excluding carboxylic acids is 1. The molecule has 0 aliphatic carbocycles. The van der Waals surface area contributed by atoms with E-state index in [1.807, 2.05) is 0 Å². The van der Waals surface area contributed by atoms with Crippen molar-refractivity contribution in [2.24, 2.45) is 5.73 Å². The quantitative estimate of drug-likeness (QED) is 0.439. The van der Waals surface area contributed by atoms with E-state index in [1.54, 1.807) is 30.3 Å². The Kier molecular flexibility index (Phi) is 5.59. The topological polar surface area (TPSA) is 134 Å². The van der Waals surface area contributed by atoms with Crippen LogP contribution in [0.25, 0.3) is 11.0 Å². The molecule has 3 rings (SSSR count). The summed E-state index contributed by atoms with van der Waals surface area (Å²) in [7, 11) is 0. The molecule has 1 heterocycles. The summed E-state index contributed by atoms with van der Waals surface area (Å²) in [5.74, 6) is -0.937. The number of fused-ring (bicyclic) bond motifs is 1. The van der Waals surface area contributed by atoms with Crippen LogP contribution < -0.4 is 21.6 Å². The number of nitrogens with zero attached hydrogens (tertiary/aromatic N) is 3. The largest absolute Gasteiger partial charge is 0.594 e. The van der Waals surface area contributed by atoms with Crippen LogP contribution in [-0.2, 0) is 4.79 Å². The summed E-state index contributed by atoms with van der Waals surface area (Å²) in [6.07, 6.45) is 0.424. The third-order valence-corrected chi connectivity index (χ3v) is 4.73. The summed E-state index contributed by atoms with van der Waals surface area (Å²) in [6, 6.07) is 9.67. The molecule has 3 aromatic rings. The molecule has 1 unspecified atom stereocenters. The van der Waals surface area contributed by atoms with E-state index in [0.717, 1.165) is 0 Å². The normalized spacial score (nSPS) is 12.1. The first kappa shape index (κ1) is 19.1. The fourth-order valence-corrected chi connectivity index (χ4v) is 3.03. The Labute approximate surface area is 164 Å². The van der Waals surface area contributed by atoms with E-state index in [4.69, 9.17) is 34.7 Å². The zero-order valence-electron chi connectivity index (χ0n) is 14.0. The van der Waals surface area contributed by atoms with E-state index in [-0.39, 0.29) is 17.4 Å². The van der Waals surface area contributed by atoms with Crippen LogP contribution >= 0.6 is 23.2 Å². The van der Waals surface area contributed by atoms with Gasteiger partial charge in [0, 0.05) is 11.8 Å². The molecule has 0 fully saturated rings. The highest BCUT2D eigenvalue weighted by molar-refractivity contribution is 6.42. The second-order valence-corrected chi connectivity index (χ2v) is 6.65. The summed E-state index contributed by atoms with van der Waals surface area (Å²) in [4.78, 5) is 17.2. The van der Waals surface area contributed by atoms with E-state index >= 15 is 0 Å². The minimum absolute atomic E-state index is 0.155. The Hall–Kier alpha value is -2.68. The fraction of sp³-hybridized carbons (Fsp3) is 0.176. The molecule has 8 nitrogen and oxygen atoms in total. The zero-order valence-corrected chi connectivity index (χ0v) is 15.5. The van der Waals surface area contributed by atoms with Crippen LogP contribution in [0.15, 0.2) is 36.4 Å². The number of halogens is 2. The second-order valence-electron chi connectivity index (χ2n) is 5.84. The van der Waals surface area contributed by atoms with E-state index in [1.165, 1.54) is 6.07 Å². The highest BCUT2D eigenvalue weighted by Crippen LogP contribution is 2.29. The van der Waals surface area contributed by atoms with Crippen molar-refractivity contribution in [3.8, 4) is 0 Å². The number of nitrogen functional groups attached to an aromatic ring is 1. The third kappa shape index (κ3) is 4.19. The monoisotopic (exact) mass is 406 g/mol. The van der Waals surface area contributed by atoms with Crippen molar-refractivity contribution >= 4 is 51.8 Å². The van der Waals surface area contributed by atoms with Crippen molar-refractivity contribution in [3.05, 3.63) is 57.2 Å². The average Bonchev–Trinajstić information content (AvgIpc) is 2.61. The maximum absolute atomic E-state index is 12.8. The average molecular weight is 407 g/mol. The lowest BCUT2D eigenvalue weighted by atomic mass is 9.94. The van der Waals surface area contributed by atoms with Crippen LogP contribution in [0.1, 0.15) is 17.9 Å². The Morgan fingerprint density at radius 2 is 2.00 bits per heavy atom. The minimum Gasteiger partial charge on any atom is -0.594 e. The van der Waals surface area contributed by atoms with Crippen molar-refractivity contribution in [1.82, 2.24) is 10.1 Å². The van der Waals surface area contributed by atoms with Crippen LogP contribution in [0.2, 0.25) is 10.0 Å². The number of amides is 1. The van der Waals surface area contributed by atoms with Gasteiger partial charge in [0.25, 0.3) is 11.5 Å². The predicted molar refractivity (Wildman–Crippen MR) is 104 cm³/mol. The van der Waals surface area contributed by atoms with Crippen molar-refractivity contribution < 1.29 is 9.64 Å². The Bertz CT molecular complexity index is 1010. The predicted octanol–water partition coefficient (Wildman–Crippen LogP) is 2.22. The van der Waals surface area contributed by atoms with Gasteiger partial charge in [0.2, 0.25) is 5.91 Å². The zero-order chi connectivity index (χ0) is 19.6. The molecule has 1 amide bonds. The van der Waals surface area contributed by atoms with Crippen LogP contribution in [0.3, 0.4) is 0 Å². The molecule has 1 atom stereocenters. The van der Waals surface area contributed by atoms with Gasteiger partial charge in [-0.25, -0.2) is 4.98 Å². The Morgan fingerprint density at radius 3 is 2.70 bits per heavy atom. The molecule has 0 radical (unpaired) electrons. The van der Waals surface area contributed by atoms with Gasteiger partial charge in [0.15, 0.2) is 0 Å². The van der Waals surface area contributed by atoms with Crippen LogP contribution in [0.5, 0.6) is 0 Å². The second kappa shape index (κ2) is 7.91. The smallest absolute Gasteiger partial charge is 0.288 e. The molecule has 0 bridgehead atoms. The molecular weight excluding hydrogens is 391 g/mol. The van der Waals surface area contributed by atoms with E-state index < -0.39 is 5.92 Å². The first-order valence-corrected chi connectivity index (χ1v) is 8.77. The highest BCUT2D eigenvalue weighted by Gasteiger charge is 2.21. The number of aromatic nitrogens is 3. The van der Waals surface area contributed by atoms with Gasteiger partial charge in [-0.2, -0.15) is 0 Å². The number of nitrogens with one attached hydrogen (secondary N) is 1. The van der Waals surface area contributed by atoms with Gasteiger partial charge in [-0.05, 0) is 47.6 Å². The summed E-state index contributed by atoms with van der Waals surface area (Å²) >= 11 is 12.0. The minimum atomic E-state index is -0.514. The van der Waals surface area contributed by atoms with E-state index in [0.29, 0.717) is 44.6 Å². The lowest BCUT2D eigenvalue weighted by Gasteiger charge is -2.17. The first-order chi connectivity index (χ1) is 12.9. The maximum atomic E-state index is 12.8. The highest BCUT2D eigenvalue weighted by atomic mass is 35.5. The molecule has 140 valence electrons.